The van der Waals surface area contributed by atoms with E-state index in [0.29, 0.717) is 0 Å². The summed E-state index contributed by atoms with van der Waals surface area (Å²) in [5.41, 5.74) is 9.30. The van der Waals surface area contributed by atoms with Gasteiger partial charge in [0, 0.05) is 36.4 Å². The van der Waals surface area contributed by atoms with Crippen molar-refractivity contribution in [2.45, 2.75) is 40.8 Å². The largest absolute Gasteiger partial charge is 0.360 e. The maximum atomic E-state index is 4.68. The zero-order chi connectivity index (χ0) is 19.1. The van der Waals surface area contributed by atoms with Crippen LogP contribution >= 0.6 is 0 Å². The normalized spacial score (nSPS) is 11.4. The predicted molar refractivity (Wildman–Crippen MR) is 107 cm³/mol. The van der Waals surface area contributed by atoms with Crippen molar-refractivity contribution in [3.05, 3.63) is 70.6 Å². The maximum absolute atomic E-state index is 4.68. The summed E-state index contributed by atoms with van der Waals surface area (Å²) in [7, 11) is 2.10. The van der Waals surface area contributed by atoms with Crippen LogP contribution in [0.1, 0.15) is 33.9 Å². The lowest BCUT2D eigenvalue weighted by Crippen LogP contribution is -2.10. The molecular weight excluding hydrogens is 336 g/mol. The van der Waals surface area contributed by atoms with Gasteiger partial charge in [-0.3, -0.25) is 9.36 Å². The highest BCUT2D eigenvalue weighted by molar-refractivity contribution is 5.63. The van der Waals surface area contributed by atoms with Crippen LogP contribution in [0, 0.1) is 27.7 Å². The van der Waals surface area contributed by atoms with Gasteiger partial charge in [-0.05, 0) is 57.5 Å². The molecule has 0 amide bonds. The molecule has 4 aromatic rings. The summed E-state index contributed by atoms with van der Waals surface area (Å²) < 4.78 is 6.36. The summed E-state index contributed by atoms with van der Waals surface area (Å²) >= 11 is 0. The third-order valence-electron chi connectivity index (χ3n) is 5.06. The summed E-state index contributed by atoms with van der Waals surface area (Å²) in [4.78, 5) is 3.36. The van der Waals surface area contributed by atoms with E-state index in [1.54, 1.807) is 0 Å². The smallest absolute Gasteiger partial charge is 0.0698 e. The van der Waals surface area contributed by atoms with Gasteiger partial charge in [-0.15, -0.1) is 0 Å². The Morgan fingerprint density at radius 2 is 1.56 bits per heavy atom. The fourth-order valence-corrected chi connectivity index (χ4v) is 3.87. The maximum Gasteiger partial charge on any atom is 0.0698 e. The number of nitrogens with zero attached hydrogens (tertiary/aromatic N) is 5. The molecule has 0 aliphatic carbocycles. The van der Waals surface area contributed by atoms with E-state index < -0.39 is 0 Å². The quantitative estimate of drug-likeness (QED) is 0.588. The van der Waals surface area contributed by atoms with Crippen molar-refractivity contribution in [3.63, 3.8) is 0 Å². The molecule has 1 N–H and O–H groups in total. The van der Waals surface area contributed by atoms with Crippen LogP contribution in [-0.2, 0) is 20.1 Å². The van der Waals surface area contributed by atoms with E-state index in [9.17, 15) is 0 Å². The first-order valence-electron chi connectivity index (χ1n) is 9.25. The van der Waals surface area contributed by atoms with Gasteiger partial charge in [0.05, 0.1) is 35.9 Å². The molecule has 0 saturated heterocycles. The van der Waals surface area contributed by atoms with Gasteiger partial charge >= 0.3 is 0 Å². The lowest BCUT2D eigenvalue weighted by Gasteiger charge is -2.11. The van der Waals surface area contributed by atoms with Crippen molar-refractivity contribution in [3.8, 4) is 11.4 Å². The van der Waals surface area contributed by atoms with Gasteiger partial charge in [-0.25, -0.2) is 0 Å². The van der Waals surface area contributed by atoms with Crippen LogP contribution in [0.25, 0.3) is 11.4 Å². The van der Waals surface area contributed by atoms with Gasteiger partial charge < -0.3 is 9.55 Å². The zero-order valence-corrected chi connectivity index (χ0v) is 16.6. The summed E-state index contributed by atoms with van der Waals surface area (Å²) in [6.07, 6.45) is 4.18. The number of nitrogens with one attached hydrogen (secondary N) is 1. The van der Waals surface area contributed by atoms with E-state index in [2.05, 4.69) is 74.4 Å². The fraction of sp³-hybridized carbons (Fsp3) is 0.333. The molecule has 4 rings (SSSR count). The number of aromatic amines is 1. The van der Waals surface area contributed by atoms with E-state index in [0.717, 1.165) is 30.2 Å². The van der Waals surface area contributed by atoms with E-state index in [1.807, 2.05) is 26.1 Å². The van der Waals surface area contributed by atoms with Crippen molar-refractivity contribution in [2.75, 3.05) is 0 Å². The van der Waals surface area contributed by atoms with E-state index in [4.69, 9.17) is 0 Å². The average molecular weight is 362 g/mol. The molecule has 0 radical (unpaired) electrons. The lowest BCUT2D eigenvalue weighted by molar-refractivity contribution is 0.631. The number of hydrogen-bond acceptors (Lipinski definition) is 2. The lowest BCUT2D eigenvalue weighted by atomic mass is 10.1. The molecule has 6 heteroatoms. The molecule has 0 unspecified atom stereocenters. The Labute approximate surface area is 159 Å². The van der Waals surface area contributed by atoms with Crippen LogP contribution in [0.5, 0.6) is 0 Å². The number of aryl methyl sites for hydroxylation is 5. The highest BCUT2D eigenvalue weighted by Gasteiger charge is 2.19. The third-order valence-corrected chi connectivity index (χ3v) is 5.06. The molecule has 0 atom stereocenters. The summed E-state index contributed by atoms with van der Waals surface area (Å²) in [6, 6.07) is 8.40. The van der Waals surface area contributed by atoms with Crippen LogP contribution in [0.3, 0.4) is 0 Å². The second-order valence-corrected chi connectivity index (χ2v) is 7.35. The number of aromatic nitrogens is 6. The first-order chi connectivity index (χ1) is 12.9. The minimum Gasteiger partial charge on any atom is -0.360 e. The standard InChI is InChI=1S/C21H26N6/c1-14-9-16(3)26(23-14)12-18-11-25(5)21(20-7-6-8-22-20)19(18)13-27-17(4)10-15(2)24-27/h6-11,22H,12-13H2,1-5H3. The SMILES string of the molecule is Cc1cc(C)n(Cc2cn(C)c(-c3ccc[nH]3)c2Cn2nc(C)cc2C)n1. The Bertz CT molecular complexity index is 1070. The fourth-order valence-electron chi connectivity index (χ4n) is 3.87. The van der Waals surface area contributed by atoms with Crippen LogP contribution in [0.4, 0.5) is 0 Å². The van der Waals surface area contributed by atoms with Crippen LogP contribution < -0.4 is 0 Å². The summed E-state index contributed by atoms with van der Waals surface area (Å²) in [5, 5.41) is 9.34. The predicted octanol–water partition coefficient (Wildman–Crippen LogP) is 3.74. The molecule has 0 spiro atoms. The van der Waals surface area contributed by atoms with E-state index >= 15 is 0 Å². The first-order valence-corrected chi connectivity index (χ1v) is 9.25. The second kappa shape index (κ2) is 6.61. The minimum atomic E-state index is 0.740. The van der Waals surface area contributed by atoms with Crippen LogP contribution in [0.15, 0.2) is 36.7 Å². The van der Waals surface area contributed by atoms with Gasteiger partial charge in [-0.1, -0.05) is 0 Å². The summed E-state index contributed by atoms with van der Waals surface area (Å²) in [6.45, 7) is 9.78. The molecule has 0 saturated carbocycles. The molecule has 0 aliphatic rings. The van der Waals surface area contributed by atoms with Crippen molar-refractivity contribution < 1.29 is 0 Å². The van der Waals surface area contributed by atoms with Gasteiger partial charge in [0.15, 0.2) is 0 Å². The molecule has 0 bridgehead atoms. The third kappa shape index (κ3) is 3.23. The minimum absolute atomic E-state index is 0.740. The number of H-pyrrole nitrogens is 1. The Morgan fingerprint density at radius 3 is 2.07 bits per heavy atom. The Balaban J connectivity index is 1.82. The zero-order valence-electron chi connectivity index (χ0n) is 16.6. The molecular formula is C21H26N6. The molecule has 0 fully saturated rings. The Morgan fingerprint density at radius 1 is 0.926 bits per heavy atom. The number of hydrogen-bond donors (Lipinski definition) is 1. The molecule has 4 aromatic heterocycles. The van der Waals surface area contributed by atoms with Crippen molar-refractivity contribution in [1.29, 1.82) is 0 Å². The van der Waals surface area contributed by atoms with E-state index in [1.165, 1.54) is 28.2 Å². The van der Waals surface area contributed by atoms with E-state index in [-0.39, 0.29) is 0 Å². The average Bonchev–Trinajstić information content (AvgIpc) is 3.33. The van der Waals surface area contributed by atoms with Gasteiger partial charge in [0.1, 0.15) is 0 Å². The first kappa shape index (κ1) is 17.4. The highest BCUT2D eigenvalue weighted by Crippen LogP contribution is 2.29. The van der Waals surface area contributed by atoms with Gasteiger partial charge in [-0.2, -0.15) is 10.2 Å². The Kier molecular flexibility index (Phi) is 4.26. The van der Waals surface area contributed by atoms with Crippen molar-refractivity contribution >= 4 is 0 Å². The Hall–Kier alpha value is -3.02. The molecule has 4 heterocycles. The van der Waals surface area contributed by atoms with Crippen molar-refractivity contribution in [2.24, 2.45) is 7.05 Å². The molecule has 6 nitrogen and oxygen atoms in total. The molecule has 0 aromatic carbocycles. The monoisotopic (exact) mass is 362 g/mol. The highest BCUT2D eigenvalue weighted by atomic mass is 15.3. The van der Waals surface area contributed by atoms with Crippen molar-refractivity contribution in [1.82, 2.24) is 29.1 Å². The number of rotatable bonds is 5. The second-order valence-electron chi connectivity index (χ2n) is 7.35. The van der Waals surface area contributed by atoms with Gasteiger partial charge in [0.2, 0.25) is 0 Å². The van der Waals surface area contributed by atoms with Crippen LogP contribution in [-0.4, -0.2) is 29.1 Å². The van der Waals surface area contributed by atoms with Crippen LogP contribution in [0.2, 0.25) is 0 Å². The molecule has 27 heavy (non-hydrogen) atoms. The molecule has 140 valence electrons. The summed E-state index contributed by atoms with van der Waals surface area (Å²) in [5.74, 6) is 0. The molecule has 0 aliphatic heterocycles. The topological polar surface area (TPSA) is 56.4 Å². The van der Waals surface area contributed by atoms with Gasteiger partial charge in [0.25, 0.3) is 0 Å².